The van der Waals surface area contributed by atoms with Crippen LogP contribution in [-0.2, 0) is 67.9 Å². The number of imidazole rings is 3. The van der Waals surface area contributed by atoms with E-state index < -0.39 is 28.0 Å². The fourth-order valence-corrected chi connectivity index (χ4v) is 12.6. The molecule has 3 amide bonds. The van der Waals surface area contributed by atoms with Gasteiger partial charge in [-0.1, -0.05) is 114 Å². The summed E-state index contributed by atoms with van der Waals surface area (Å²) in [4.78, 5) is 56.5. The number of alkyl halides is 3. The largest absolute Gasteiger partial charge is 0.516 e. The molecular weight excluding hydrogens is 1490 g/mol. The highest BCUT2D eigenvalue weighted by molar-refractivity contribution is 7.90. The van der Waals surface area contributed by atoms with Gasteiger partial charge in [0.15, 0.2) is 0 Å². The average molecular weight is 1600 g/mol. The second kappa shape index (κ2) is 41.6. The molecule has 6 aromatic heterocycles. The first-order valence-corrected chi connectivity index (χ1v) is 36.7. The van der Waals surface area contributed by atoms with E-state index >= 15 is 0 Å². The number of rotatable bonds is 21. The highest BCUT2D eigenvalue weighted by Crippen LogP contribution is 2.30. The maximum Gasteiger partial charge on any atom is 0.516 e. The van der Waals surface area contributed by atoms with Gasteiger partial charge in [-0.25, -0.2) is 25.1 Å². The van der Waals surface area contributed by atoms with Gasteiger partial charge in [0, 0.05) is 86.2 Å². The van der Waals surface area contributed by atoms with Crippen molar-refractivity contribution in [2.75, 3.05) is 82.2 Å². The third kappa shape index (κ3) is 23.7. The number of hydrazine groups is 2. The van der Waals surface area contributed by atoms with Crippen molar-refractivity contribution >= 4 is 108 Å². The van der Waals surface area contributed by atoms with E-state index in [4.69, 9.17) is 65.3 Å². The van der Waals surface area contributed by atoms with Crippen LogP contribution in [0.2, 0.25) is 15.1 Å². The number of anilines is 3. The molecule has 3 aliphatic heterocycles. The van der Waals surface area contributed by atoms with Gasteiger partial charge >= 0.3 is 15.5 Å². The molecule has 27 nitrogen and oxygen atoms in total. The van der Waals surface area contributed by atoms with Crippen LogP contribution in [0.5, 0.6) is 0 Å². The maximum absolute atomic E-state index is 12.9. The number of nitrogens with two attached hydrogens (primary N) is 2. The van der Waals surface area contributed by atoms with Crippen LogP contribution in [0.4, 0.5) is 30.2 Å². The van der Waals surface area contributed by atoms with E-state index in [1.54, 1.807) is 98.3 Å². The number of hydrogen-bond donors (Lipinski definition) is 6. The molecule has 0 aliphatic carbocycles. The summed E-state index contributed by atoms with van der Waals surface area (Å²) >= 11 is 18.3. The first-order chi connectivity index (χ1) is 50.6. The zero-order valence-electron chi connectivity index (χ0n) is 60.7. The number of halogens is 6. The van der Waals surface area contributed by atoms with E-state index in [1.807, 2.05) is 82.3 Å². The zero-order valence-corrected chi connectivity index (χ0v) is 63.8. The molecule has 9 aromatic rings. The SMILES string of the molecule is C.C.C.CC1CCCO1.CCc1nc2ccc(Cl)cn2c1C(=O)NCc1ccc(N(N)CCN)cc1.CCc1nc2ccc(Cl)cn2c1C(=O)NCc1ccc(N2CCN(S(=O)(=O)C(F)(F)F)C(C)=N2)cc1.CCc1nc2ccc(Cl)cn2c1C(=O)NCc1ccc(N2CCN=C(C)N2)cc1.COC(C)(OC)OC. The Balaban J connectivity index is 0.000000267. The monoisotopic (exact) mass is 1590 g/mol. The van der Waals surface area contributed by atoms with Crippen LogP contribution < -0.4 is 48.0 Å². The second-order valence-electron chi connectivity index (χ2n) is 24.4. The summed E-state index contributed by atoms with van der Waals surface area (Å²) < 4.78 is 86.9. The molecule has 1 atom stereocenters. The molecular formula is C75H102Cl3F3N18O9S. The highest BCUT2D eigenvalue weighted by atomic mass is 35.5. The Bertz CT molecular complexity index is 4620. The Labute approximate surface area is 651 Å². The first kappa shape index (κ1) is 90.5. The van der Waals surface area contributed by atoms with Crippen LogP contribution in [0.25, 0.3) is 16.9 Å². The van der Waals surface area contributed by atoms with Crippen LogP contribution in [-0.4, -0.2) is 155 Å². The van der Waals surface area contributed by atoms with Crippen molar-refractivity contribution in [3.05, 3.63) is 194 Å². The van der Waals surface area contributed by atoms with E-state index in [0.717, 1.165) is 65.0 Å². The number of benzene rings is 3. The normalized spacial score (nSPS) is 14.1. The van der Waals surface area contributed by atoms with E-state index in [2.05, 4.69) is 58.4 Å². The van der Waals surface area contributed by atoms with Crippen LogP contribution in [0.3, 0.4) is 0 Å². The molecule has 594 valence electrons. The van der Waals surface area contributed by atoms with Crippen molar-refractivity contribution in [3.8, 4) is 0 Å². The van der Waals surface area contributed by atoms with Gasteiger partial charge in [-0.2, -0.15) is 26.7 Å². The number of carbonyl (C=O) groups excluding carboxylic acids is 3. The molecule has 1 unspecified atom stereocenters. The topological polar surface area (TPSA) is 312 Å². The van der Waals surface area contributed by atoms with Gasteiger partial charge in [0.25, 0.3) is 23.7 Å². The molecule has 0 saturated carbocycles. The minimum absolute atomic E-state index is 0. The summed E-state index contributed by atoms with van der Waals surface area (Å²) in [5.41, 5.74) is 14.3. The van der Waals surface area contributed by atoms with Crippen molar-refractivity contribution < 1.29 is 54.9 Å². The number of sulfonamides is 1. The van der Waals surface area contributed by atoms with Crippen molar-refractivity contribution in [2.45, 2.75) is 140 Å². The molecule has 109 heavy (non-hydrogen) atoms. The number of hydrazone groups is 1. The summed E-state index contributed by atoms with van der Waals surface area (Å²) in [6, 6.07) is 33.2. The number of amidine groups is 2. The Morgan fingerprint density at radius 3 is 1.36 bits per heavy atom. The minimum Gasteiger partial charge on any atom is -0.379 e. The fourth-order valence-electron chi connectivity index (χ4n) is 11.1. The smallest absolute Gasteiger partial charge is 0.379 e. The molecule has 0 radical (unpaired) electrons. The molecule has 3 aromatic carbocycles. The summed E-state index contributed by atoms with van der Waals surface area (Å²) in [5.74, 6) is 4.99. The Kier molecular flexibility index (Phi) is 34.5. The molecule has 12 rings (SSSR count). The molecule has 3 aliphatic rings. The predicted octanol–water partition coefficient (Wildman–Crippen LogP) is 12.8. The third-order valence-electron chi connectivity index (χ3n) is 17.1. The van der Waals surface area contributed by atoms with Gasteiger partial charge in [-0.05, 0) is 142 Å². The standard InChI is InChI=1S/C22H22ClF3N6O3S.C21H23ClN6O.C19H23ClN6O.C5H12O3.C5H10O.3CH4/c1-3-18-20(30-13-16(23)6-9-19(30)28-18)21(33)27-12-15-4-7-17(8-5-15)31-10-11-32(14(2)29-31)36(34,35)22(24,25)26;1-3-18-20(27-13-16(22)6-9-19(27)25-18)21(29)24-12-15-4-7-17(8-5-15)28-11-10-23-14(2)26-28;1-2-16-18(25-12-14(20)5-8-17(25)24-16)19(27)23-11-13-3-6-15(7-4-13)26(22)10-9-21;1-5(6-2,7-3)8-4;1-5-3-2-4-6-5;;;/h4-9,13H,3,10-12H2,1-2H3,(H,27,33);4-9,13H,3,10-12H2,1-2H3,(H,23,26)(H,24,29);3-8,12H,2,9-11,21-22H2,1H3,(H,23,27);1-4H3;5H,2-4H2,1H3;3*1H4. The molecule has 8 N–H and O–H groups in total. The van der Waals surface area contributed by atoms with Crippen molar-refractivity contribution in [1.29, 1.82) is 0 Å². The van der Waals surface area contributed by atoms with Crippen LogP contribution in [0.15, 0.2) is 138 Å². The van der Waals surface area contributed by atoms with Gasteiger partial charge < -0.3 is 45.6 Å². The van der Waals surface area contributed by atoms with E-state index in [0.29, 0.717) is 112 Å². The van der Waals surface area contributed by atoms with Gasteiger partial charge in [0.2, 0.25) is 0 Å². The number of nitrogens with zero attached hydrogens (tertiary/aromatic N) is 12. The van der Waals surface area contributed by atoms with E-state index in [1.165, 1.54) is 46.1 Å². The fraction of sp³-hybridized carbons (Fsp3) is 0.413. The number of nitrogens with one attached hydrogen (secondary N) is 4. The molecule has 0 spiro atoms. The number of pyridine rings is 3. The lowest BCUT2D eigenvalue weighted by Gasteiger charge is -2.33. The van der Waals surface area contributed by atoms with E-state index in [9.17, 15) is 36.0 Å². The highest BCUT2D eigenvalue weighted by Gasteiger charge is 2.51. The van der Waals surface area contributed by atoms with Gasteiger partial charge in [0.05, 0.1) is 81.5 Å². The Morgan fingerprint density at radius 2 is 1.04 bits per heavy atom. The number of amides is 3. The lowest BCUT2D eigenvalue weighted by atomic mass is 10.2. The molecule has 34 heteroatoms. The molecule has 0 bridgehead atoms. The van der Waals surface area contributed by atoms with Crippen LogP contribution in [0.1, 0.15) is 149 Å². The van der Waals surface area contributed by atoms with Crippen molar-refractivity contribution in [1.82, 2.24) is 53.8 Å². The number of aromatic nitrogens is 6. The van der Waals surface area contributed by atoms with Crippen LogP contribution in [0, 0.1) is 0 Å². The second-order valence-corrected chi connectivity index (χ2v) is 27.5. The number of fused-ring (bicyclic) bond motifs is 3. The molecule has 1 fully saturated rings. The minimum atomic E-state index is -5.49. The van der Waals surface area contributed by atoms with Crippen molar-refractivity contribution in [3.63, 3.8) is 0 Å². The summed E-state index contributed by atoms with van der Waals surface area (Å²) in [6.07, 6.45) is 10.0. The summed E-state index contributed by atoms with van der Waals surface area (Å²) in [6.45, 7) is 17.1. The summed E-state index contributed by atoms with van der Waals surface area (Å²) in [7, 11) is -0.932. The van der Waals surface area contributed by atoms with Crippen molar-refractivity contribution in [2.24, 2.45) is 21.7 Å². The quantitative estimate of drug-likeness (QED) is 0.0221. The number of aryl methyl sites for hydroxylation is 3. The van der Waals surface area contributed by atoms with E-state index in [-0.39, 0.29) is 63.2 Å². The predicted molar refractivity (Wildman–Crippen MR) is 427 cm³/mol. The first-order valence-electron chi connectivity index (χ1n) is 34.1. The van der Waals surface area contributed by atoms with Crippen LogP contribution >= 0.6 is 34.8 Å². The average Bonchev–Trinajstić information content (AvgIpc) is 0.906. The molecule has 1 saturated heterocycles. The summed E-state index contributed by atoms with van der Waals surface area (Å²) in [5, 5.41) is 19.5. The van der Waals surface area contributed by atoms with Gasteiger partial charge in [0.1, 0.15) is 45.7 Å². The third-order valence-corrected chi connectivity index (χ3v) is 19.3. The number of methoxy groups -OCH3 is 3. The number of aliphatic imine (C=N–C) groups is 1. The number of carbonyl (C=O) groups is 3. The lowest BCUT2D eigenvalue weighted by molar-refractivity contribution is -0.340. The maximum atomic E-state index is 12.9. The number of hydrogen-bond acceptors (Lipinski definition) is 20. The van der Waals surface area contributed by atoms with Gasteiger partial charge in [-0.3, -0.25) is 48.0 Å². The molecule has 9 heterocycles. The van der Waals surface area contributed by atoms with Gasteiger partial charge in [-0.15, -0.1) is 0 Å². The lowest BCUT2D eigenvalue weighted by Crippen LogP contribution is -2.50. The number of ether oxygens (including phenoxy) is 4. The Hall–Kier alpha value is -9.15. The Morgan fingerprint density at radius 1 is 0.633 bits per heavy atom. The zero-order chi connectivity index (χ0) is 77.0.